The minimum atomic E-state index is 0. The third-order valence-electron chi connectivity index (χ3n) is 3.95. The van der Waals surface area contributed by atoms with Gasteiger partial charge in [0.05, 0.1) is 39.0 Å². The van der Waals surface area contributed by atoms with Gasteiger partial charge < -0.3 is 31.3 Å². The van der Waals surface area contributed by atoms with Gasteiger partial charge in [-0.2, -0.15) is 0 Å². The van der Waals surface area contributed by atoms with Gasteiger partial charge in [0.1, 0.15) is 0 Å². The Bertz CT molecular complexity index is 371. The maximum absolute atomic E-state index is 11.2. The molecular weight excluding hydrogens is 766 g/mol. The van der Waals surface area contributed by atoms with Crippen LogP contribution in [0.5, 0.6) is 0 Å². The van der Waals surface area contributed by atoms with Crippen LogP contribution in [0.3, 0.4) is 0 Å². The minimum Gasteiger partial charge on any atom is -1.00 e. The Morgan fingerprint density at radius 2 is 1.34 bits per heavy atom. The number of nitrogens with zero attached hydrogens (tertiary/aromatic N) is 3. The molecule has 0 atom stereocenters. The van der Waals surface area contributed by atoms with E-state index in [1.54, 1.807) is 19.0 Å². The van der Waals surface area contributed by atoms with Crippen molar-refractivity contribution in [2.45, 2.75) is 7.43 Å². The van der Waals surface area contributed by atoms with Crippen LogP contribution in [0.4, 0.5) is 0 Å². The molecule has 0 spiro atoms. The third-order valence-corrected chi connectivity index (χ3v) is 8.26. The van der Waals surface area contributed by atoms with E-state index in [9.17, 15) is 4.79 Å². The number of halogens is 6. The van der Waals surface area contributed by atoms with Crippen molar-refractivity contribution in [1.82, 2.24) is 9.80 Å². The molecule has 1 amide bonds. The molecule has 4 nitrogen and oxygen atoms in total. The molecule has 0 aromatic rings. The fourth-order valence-corrected chi connectivity index (χ4v) is 6.15. The highest BCUT2D eigenvalue weighted by Crippen LogP contribution is 2.21. The number of rotatable bonds is 8. The van der Waals surface area contributed by atoms with Crippen LogP contribution in [0.25, 0.3) is 0 Å². The Balaban J connectivity index is -0.000000157. The van der Waals surface area contributed by atoms with Gasteiger partial charge in [-0.05, 0) is 20.0 Å². The standard InChI is InChI=1S/C6H11Br2NO.C6H13Br2N.C6H13BrN.CH4.BrH/c1-9(2)6(10)5(3-7)4-8;1-9(2)5-6(3-7)4-8;1-8(2)4-6(3-7)5-8;;/h5H,3-4H2,1-2H3;6H,3-5H2,1-2H3;6H,3-5H2,1-2H3;1H4;1H/q;;+1;;/p-1. The van der Waals surface area contributed by atoms with Crippen molar-refractivity contribution >= 4 is 85.6 Å². The van der Waals surface area contributed by atoms with E-state index in [1.165, 1.54) is 22.9 Å². The second-order valence-electron chi connectivity index (χ2n) is 8.00. The van der Waals surface area contributed by atoms with Crippen molar-refractivity contribution in [3.8, 4) is 0 Å². The SMILES string of the molecule is C.CN(C)C(=O)C(CBr)CBr.CN(C)CC(CBr)CBr.C[N+]1(C)CC(CBr)C1.[Br-]. The van der Waals surface area contributed by atoms with Crippen LogP contribution in [0, 0.1) is 17.8 Å². The summed E-state index contributed by atoms with van der Waals surface area (Å²) in [6.07, 6.45) is 0. The summed E-state index contributed by atoms with van der Waals surface area (Å²) >= 11 is 16.9. The zero-order chi connectivity index (χ0) is 21.6. The molecule has 1 aliphatic rings. The molecule has 29 heavy (non-hydrogen) atoms. The first-order chi connectivity index (χ1) is 12.5. The number of hydrogen-bond acceptors (Lipinski definition) is 2. The summed E-state index contributed by atoms with van der Waals surface area (Å²) in [5.41, 5.74) is 0. The number of alkyl halides is 5. The maximum atomic E-state index is 11.2. The van der Waals surface area contributed by atoms with Crippen LogP contribution in [-0.2, 0) is 4.79 Å². The lowest BCUT2D eigenvalue weighted by Crippen LogP contribution is -3.00. The molecule has 0 aromatic carbocycles. The van der Waals surface area contributed by atoms with Crippen molar-refractivity contribution in [2.24, 2.45) is 17.8 Å². The van der Waals surface area contributed by atoms with Crippen LogP contribution in [-0.4, -0.2) is 109 Å². The van der Waals surface area contributed by atoms with Crippen LogP contribution in [0.1, 0.15) is 7.43 Å². The van der Waals surface area contributed by atoms with Crippen molar-refractivity contribution < 1.29 is 26.3 Å². The van der Waals surface area contributed by atoms with Crippen LogP contribution < -0.4 is 17.0 Å². The van der Waals surface area contributed by atoms with E-state index < -0.39 is 0 Å². The zero-order valence-corrected chi connectivity index (χ0v) is 27.4. The van der Waals surface area contributed by atoms with E-state index in [0.29, 0.717) is 0 Å². The molecule has 1 aliphatic heterocycles. The molecule has 10 heteroatoms. The lowest BCUT2D eigenvalue weighted by atomic mass is 10.0. The number of carbonyl (C=O) groups excluding carboxylic acids is 1. The monoisotopic (exact) mass is 801 g/mol. The van der Waals surface area contributed by atoms with Crippen molar-refractivity contribution in [3.63, 3.8) is 0 Å². The van der Waals surface area contributed by atoms with Gasteiger partial charge in [0.15, 0.2) is 0 Å². The largest absolute Gasteiger partial charge is 1.00 e. The predicted molar refractivity (Wildman–Crippen MR) is 145 cm³/mol. The summed E-state index contributed by atoms with van der Waals surface area (Å²) in [7, 11) is 12.3. The van der Waals surface area contributed by atoms with Gasteiger partial charge in [0.25, 0.3) is 0 Å². The van der Waals surface area contributed by atoms with Crippen molar-refractivity contribution in [1.29, 1.82) is 0 Å². The van der Waals surface area contributed by atoms with Crippen LogP contribution >= 0.6 is 79.6 Å². The average Bonchev–Trinajstić information content (AvgIpc) is 2.59. The Hall–Kier alpha value is 2.27. The Morgan fingerprint density at radius 3 is 1.45 bits per heavy atom. The van der Waals surface area contributed by atoms with E-state index in [-0.39, 0.29) is 36.2 Å². The lowest BCUT2D eigenvalue weighted by molar-refractivity contribution is -0.937. The molecule has 0 unspecified atom stereocenters. The lowest BCUT2D eigenvalue weighted by Gasteiger charge is -2.43. The molecule has 0 aromatic heterocycles. The smallest absolute Gasteiger partial charge is 0.226 e. The van der Waals surface area contributed by atoms with Crippen molar-refractivity contribution in [2.75, 3.05) is 88.6 Å². The summed E-state index contributed by atoms with van der Waals surface area (Å²) < 4.78 is 1.22. The summed E-state index contributed by atoms with van der Waals surface area (Å²) in [5.74, 6) is 1.91. The summed E-state index contributed by atoms with van der Waals surface area (Å²) in [4.78, 5) is 15.0. The molecule has 0 bridgehead atoms. The van der Waals surface area contributed by atoms with Gasteiger partial charge in [-0.3, -0.25) is 4.79 Å². The van der Waals surface area contributed by atoms with E-state index >= 15 is 0 Å². The highest BCUT2D eigenvalue weighted by atomic mass is 79.9. The van der Waals surface area contributed by atoms with Gasteiger partial charge in [-0.1, -0.05) is 87.1 Å². The quantitative estimate of drug-likeness (QED) is 0.278. The third kappa shape index (κ3) is 20.6. The van der Waals surface area contributed by atoms with Gasteiger partial charge in [-0.15, -0.1) is 0 Å². The molecule has 0 radical (unpaired) electrons. The van der Waals surface area contributed by atoms with Crippen LogP contribution in [0.15, 0.2) is 0 Å². The fourth-order valence-electron chi connectivity index (χ4n) is 2.64. The molecule has 0 aliphatic carbocycles. The van der Waals surface area contributed by atoms with Gasteiger partial charge >= 0.3 is 0 Å². The molecular formula is C19H41Br6N3O. The second-order valence-corrected chi connectivity index (χ2v) is 11.2. The second kappa shape index (κ2) is 22.1. The fraction of sp³-hybridized carbons (Fsp3) is 0.947. The first-order valence-electron chi connectivity index (χ1n) is 8.95. The van der Waals surface area contributed by atoms with E-state index in [2.05, 4.69) is 113 Å². The Morgan fingerprint density at radius 1 is 0.931 bits per heavy atom. The van der Waals surface area contributed by atoms with Gasteiger partial charge in [0.2, 0.25) is 5.91 Å². The average molecular weight is 807 g/mol. The van der Waals surface area contributed by atoms with E-state index in [4.69, 9.17) is 0 Å². The molecule has 180 valence electrons. The van der Waals surface area contributed by atoms with Crippen LogP contribution in [0.2, 0.25) is 0 Å². The molecule has 0 N–H and O–H groups in total. The first kappa shape index (κ1) is 38.5. The molecule has 0 saturated carbocycles. The normalized spacial score (nSPS) is 14.6. The number of amides is 1. The van der Waals surface area contributed by atoms with E-state index in [0.717, 1.165) is 39.7 Å². The number of carbonyl (C=O) groups is 1. The number of hydrogen-bond donors (Lipinski definition) is 0. The van der Waals surface area contributed by atoms with Gasteiger partial charge in [-0.25, -0.2) is 0 Å². The molecule has 1 heterocycles. The summed E-state index contributed by atoms with van der Waals surface area (Å²) in [5, 5.41) is 4.78. The first-order valence-corrected chi connectivity index (χ1v) is 14.6. The Labute approximate surface area is 233 Å². The van der Waals surface area contributed by atoms with E-state index in [1.807, 2.05) is 0 Å². The predicted octanol–water partition coefficient (Wildman–Crippen LogP) is 2.16. The molecule has 1 fully saturated rings. The Kier molecular flexibility index (Phi) is 29.3. The zero-order valence-electron chi connectivity index (χ0n) is 17.9. The minimum absolute atomic E-state index is 0. The van der Waals surface area contributed by atoms with Crippen molar-refractivity contribution in [3.05, 3.63) is 0 Å². The van der Waals surface area contributed by atoms with Gasteiger partial charge in [0, 0.05) is 47.3 Å². The number of quaternary nitrogens is 1. The maximum Gasteiger partial charge on any atom is 0.226 e. The molecule has 1 saturated heterocycles. The molecule has 1 rings (SSSR count). The topological polar surface area (TPSA) is 23.6 Å². The summed E-state index contributed by atoms with van der Waals surface area (Å²) in [6.45, 7) is 3.85. The number of likely N-dealkylation sites (tertiary alicyclic amines) is 1. The highest BCUT2D eigenvalue weighted by Gasteiger charge is 2.35. The highest BCUT2D eigenvalue weighted by molar-refractivity contribution is 9.10. The summed E-state index contributed by atoms with van der Waals surface area (Å²) in [6, 6.07) is 0.